The maximum atomic E-state index is 2.99. The van der Waals surface area contributed by atoms with Crippen LogP contribution in [0.2, 0.25) is 0 Å². The number of allylic oxidation sites excluding steroid dienone is 8. The average Bonchev–Trinajstić information content (AvgIpc) is 3.68. The maximum Gasteiger partial charge on any atom is -0.0809 e. The van der Waals surface area contributed by atoms with Gasteiger partial charge in [-0.25, -0.2) is 24.3 Å². The monoisotopic (exact) mass is 964 g/mol. The van der Waals surface area contributed by atoms with Gasteiger partial charge in [-0.3, -0.25) is 12.2 Å². The molecule has 0 atom stereocenters. The zero-order valence-electron chi connectivity index (χ0n) is 22.8. The first-order valence-electron chi connectivity index (χ1n) is 12.1. The van der Waals surface area contributed by atoms with Crippen molar-refractivity contribution < 1.29 is 47.8 Å². The molecule has 0 unspecified atom stereocenters. The molecule has 0 radical (unpaired) electrons. The van der Waals surface area contributed by atoms with Crippen molar-refractivity contribution in [2.75, 3.05) is 0 Å². The molecule has 0 nitrogen and oxygen atoms in total. The summed E-state index contributed by atoms with van der Waals surface area (Å²) in [5.74, 6) is 0. The topological polar surface area (TPSA) is 0 Å². The van der Waals surface area contributed by atoms with Crippen molar-refractivity contribution in [1.29, 1.82) is 0 Å². The number of fused-ring (bicyclic) bond motifs is 2. The molecule has 0 bridgehead atoms. The van der Waals surface area contributed by atoms with Crippen molar-refractivity contribution in [3.05, 3.63) is 134 Å². The first-order chi connectivity index (χ1) is 17.4. The third kappa shape index (κ3) is 21.9. The van der Waals surface area contributed by atoms with Gasteiger partial charge in [-0.2, -0.15) is 47.2 Å². The van der Waals surface area contributed by atoms with Crippen molar-refractivity contribution in [2.24, 2.45) is 0 Å². The second kappa shape index (κ2) is 26.3. The minimum atomic E-state index is 0. The molecule has 0 aromatic heterocycles. The van der Waals surface area contributed by atoms with Crippen LogP contribution in [0.4, 0.5) is 0 Å². The van der Waals surface area contributed by atoms with Gasteiger partial charge in [-0.05, 0) is 0 Å². The van der Waals surface area contributed by atoms with E-state index in [4.69, 9.17) is 0 Å². The van der Waals surface area contributed by atoms with Crippen molar-refractivity contribution in [3.63, 3.8) is 0 Å². The van der Waals surface area contributed by atoms with Gasteiger partial charge in [0, 0.05) is 0 Å². The summed E-state index contributed by atoms with van der Waals surface area (Å²) in [5, 5.41) is 5.32. The van der Waals surface area contributed by atoms with Crippen LogP contribution in [0, 0.1) is 12.2 Å². The summed E-state index contributed by atoms with van der Waals surface area (Å²) >= 11 is 2.53. The number of halogens is 2. The first-order valence-corrected chi connectivity index (χ1v) is 15.7. The van der Waals surface area contributed by atoms with Crippen molar-refractivity contribution in [3.8, 4) is 0 Å². The van der Waals surface area contributed by atoms with E-state index in [1.807, 2.05) is 24.3 Å². The standard InChI is InChI=1S/2C9H7.2C5H5.2C3H6.2BrH.2Hf/c2*1-2-5-9-7-3-6-8(9)4-1;2*1-2-4-5-3-1;2*1-3-2;;;;/h2*1-7H;2*1-3H,4H2;2*1-2H3;2*1H;;/q4*-1;;;;;2*+2. The van der Waals surface area contributed by atoms with Crippen LogP contribution < -0.4 is 0 Å². The van der Waals surface area contributed by atoms with Crippen LogP contribution in [0.3, 0.4) is 0 Å². The molecular formula is C34H38Br2Hf2. The van der Waals surface area contributed by atoms with E-state index in [1.165, 1.54) is 69.3 Å². The molecule has 4 aromatic rings. The summed E-state index contributed by atoms with van der Waals surface area (Å²) in [7, 11) is 0. The fourth-order valence-electron chi connectivity index (χ4n) is 2.82. The third-order valence-corrected chi connectivity index (χ3v) is 4.27. The zero-order chi connectivity index (χ0) is 26.4. The molecule has 4 aromatic carbocycles. The minimum absolute atomic E-state index is 0. The van der Waals surface area contributed by atoms with Crippen LogP contribution in [0.25, 0.3) is 21.5 Å². The SMILES string of the molecule is Br.Br.C[C](C)=[Hf+2].C[C](C)=[Hf+2].[C-]1=CC=CC1.[C-]1=CC=CC1.c1ccc2[cH-]ccc2c1.c1ccc2[cH-]ccc2c1. The quantitative estimate of drug-likeness (QED) is 0.122. The Morgan fingerprint density at radius 3 is 1.18 bits per heavy atom. The fraction of sp³-hybridized carbons (Fsp3) is 0.176. The molecule has 4 heteroatoms. The van der Waals surface area contributed by atoms with Gasteiger partial charge in [0.2, 0.25) is 0 Å². The molecule has 0 heterocycles. The van der Waals surface area contributed by atoms with Crippen LogP contribution in [-0.4, -0.2) is 6.51 Å². The predicted octanol–water partition coefficient (Wildman–Crippen LogP) is 10.4. The molecule has 196 valence electrons. The molecule has 0 spiro atoms. The van der Waals surface area contributed by atoms with Crippen LogP contribution in [-0.2, 0) is 47.8 Å². The summed E-state index contributed by atoms with van der Waals surface area (Å²) in [6, 6.07) is 29.3. The number of hydrogen-bond acceptors (Lipinski definition) is 0. The Morgan fingerprint density at radius 1 is 0.605 bits per heavy atom. The van der Waals surface area contributed by atoms with Gasteiger partial charge in [0.25, 0.3) is 0 Å². The second-order valence-corrected chi connectivity index (χ2v) is 15.5. The zero-order valence-corrected chi connectivity index (χ0v) is 33.4. The summed E-state index contributed by atoms with van der Waals surface area (Å²) in [5.41, 5.74) is 0. The summed E-state index contributed by atoms with van der Waals surface area (Å²) in [6.45, 7) is 8.58. The fourth-order valence-corrected chi connectivity index (χ4v) is 2.82. The van der Waals surface area contributed by atoms with Crippen molar-refractivity contribution in [1.82, 2.24) is 0 Å². The van der Waals surface area contributed by atoms with E-state index in [0.717, 1.165) is 12.8 Å². The summed E-state index contributed by atoms with van der Waals surface area (Å²) in [6.07, 6.45) is 20.0. The van der Waals surface area contributed by atoms with Crippen LogP contribution in [0.5, 0.6) is 0 Å². The average molecular weight is 963 g/mol. The van der Waals surface area contributed by atoms with E-state index in [-0.39, 0.29) is 34.0 Å². The van der Waals surface area contributed by atoms with Gasteiger partial charge >= 0.3 is 82.0 Å². The van der Waals surface area contributed by atoms with E-state index in [0.29, 0.717) is 0 Å². The molecule has 2 aliphatic carbocycles. The van der Waals surface area contributed by atoms with E-state index in [9.17, 15) is 0 Å². The molecule has 38 heavy (non-hydrogen) atoms. The minimum Gasteiger partial charge on any atom is -0.273 e. The van der Waals surface area contributed by atoms with Gasteiger partial charge < -0.3 is 0 Å². The molecule has 0 aliphatic heterocycles. The van der Waals surface area contributed by atoms with Crippen molar-refractivity contribution in [2.45, 2.75) is 40.5 Å². The molecule has 0 saturated heterocycles. The smallest absolute Gasteiger partial charge is 0.0809 e. The molecular weight excluding hydrogens is 925 g/mol. The molecule has 6 rings (SSSR count). The van der Waals surface area contributed by atoms with Gasteiger partial charge in [-0.1, -0.05) is 12.1 Å². The summed E-state index contributed by atoms with van der Waals surface area (Å²) in [4.78, 5) is 0. The van der Waals surface area contributed by atoms with Gasteiger partial charge in [0.15, 0.2) is 0 Å². The van der Waals surface area contributed by atoms with Crippen LogP contribution in [0.1, 0.15) is 40.5 Å². The molecule has 0 saturated carbocycles. The Morgan fingerprint density at radius 2 is 0.947 bits per heavy atom. The van der Waals surface area contributed by atoms with Gasteiger partial charge in [0.1, 0.15) is 0 Å². The van der Waals surface area contributed by atoms with Gasteiger partial charge in [0.05, 0.1) is 0 Å². The largest absolute Gasteiger partial charge is 0.273 e. The third-order valence-electron chi connectivity index (χ3n) is 4.27. The Balaban J connectivity index is 0. The Labute approximate surface area is 281 Å². The first kappa shape index (κ1) is 39.2. The van der Waals surface area contributed by atoms with E-state index < -0.39 is 0 Å². The molecule has 0 fully saturated rings. The molecule has 0 N–H and O–H groups in total. The number of rotatable bonds is 0. The predicted molar refractivity (Wildman–Crippen MR) is 176 cm³/mol. The van der Waals surface area contributed by atoms with E-state index in [1.54, 1.807) is 6.51 Å². The Hall–Kier alpha value is -0.940. The maximum absolute atomic E-state index is 2.99. The number of hydrogen-bond donors (Lipinski definition) is 0. The Kier molecular flexibility index (Phi) is 27.1. The number of benzene rings is 2. The van der Waals surface area contributed by atoms with E-state index >= 15 is 0 Å². The van der Waals surface area contributed by atoms with E-state index in [2.05, 4.69) is 137 Å². The molecule has 2 aliphatic rings. The van der Waals surface area contributed by atoms with Crippen molar-refractivity contribution >= 4 is 62.0 Å². The Bertz CT molecular complexity index is 1080. The second-order valence-electron chi connectivity index (χ2n) is 8.32. The van der Waals surface area contributed by atoms with Crippen LogP contribution in [0.15, 0.2) is 121 Å². The van der Waals surface area contributed by atoms with Crippen LogP contribution >= 0.6 is 34.0 Å². The summed E-state index contributed by atoms with van der Waals surface area (Å²) < 4.78 is 3.11. The van der Waals surface area contributed by atoms with Gasteiger partial charge in [-0.15, -0.1) is 106 Å². The normalized spacial score (nSPS) is 10.9. The molecule has 0 amide bonds.